The number of nitrogens with zero attached hydrogens (tertiary/aromatic N) is 3. The van der Waals surface area contributed by atoms with E-state index in [4.69, 9.17) is 16.3 Å². The van der Waals surface area contributed by atoms with Crippen LogP contribution in [0.5, 0.6) is 5.75 Å². The van der Waals surface area contributed by atoms with Crippen molar-refractivity contribution in [2.75, 3.05) is 57.8 Å². The van der Waals surface area contributed by atoms with Gasteiger partial charge in [0.25, 0.3) is 5.91 Å². The molecule has 2 aromatic rings. The fourth-order valence-electron chi connectivity index (χ4n) is 4.06. The molecular formula is C23H28ClN3O2. The summed E-state index contributed by atoms with van der Waals surface area (Å²) < 4.78 is 5.93. The van der Waals surface area contributed by atoms with E-state index in [-0.39, 0.29) is 5.91 Å². The van der Waals surface area contributed by atoms with Gasteiger partial charge in [-0.15, -0.1) is 0 Å². The summed E-state index contributed by atoms with van der Waals surface area (Å²) in [6.45, 7) is 6.51. The van der Waals surface area contributed by atoms with E-state index >= 15 is 0 Å². The molecule has 2 heterocycles. The third-order valence-corrected chi connectivity index (χ3v) is 6.15. The van der Waals surface area contributed by atoms with Gasteiger partial charge in [0, 0.05) is 51.9 Å². The lowest BCUT2D eigenvalue weighted by Gasteiger charge is -2.36. The van der Waals surface area contributed by atoms with Crippen LogP contribution >= 0.6 is 11.6 Å². The average Bonchev–Trinajstić information content (AvgIpc) is 2.75. The van der Waals surface area contributed by atoms with E-state index in [2.05, 4.69) is 15.9 Å². The second-order valence-electron chi connectivity index (χ2n) is 7.78. The van der Waals surface area contributed by atoms with E-state index in [0.29, 0.717) is 6.61 Å². The smallest absolute Gasteiger partial charge is 0.254 e. The number of likely N-dealkylation sites (N-methyl/N-ethyl adjacent to an activating group) is 1. The highest BCUT2D eigenvalue weighted by Crippen LogP contribution is 2.26. The third-order valence-electron chi connectivity index (χ3n) is 5.83. The minimum absolute atomic E-state index is 0.0908. The van der Waals surface area contributed by atoms with Crippen LogP contribution in [0.3, 0.4) is 0 Å². The monoisotopic (exact) mass is 413 g/mol. The van der Waals surface area contributed by atoms with Gasteiger partial charge in [-0.25, -0.2) is 0 Å². The Kier molecular flexibility index (Phi) is 6.26. The Morgan fingerprint density at radius 3 is 2.62 bits per heavy atom. The van der Waals surface area contributed by atoms with Gasteiger partial charge in [0.2, 0.25) is 0 Å². The molecule has 1 saturated heterocycles. The average molecular weight is 414 g/mol. The summed E-state index contributed by atoms with van der Waals surface area (Å²) in [5.74, 6) is 0.879. The summed E-state index contributed by atoms with van der Waals surface area (Å²) in [7, 11) is 1.85. The van der Waals surface area contributed by atoms with Crippen LogP contribution in [0.2, 0.25) is 5.02 Å². The Labute approximate surface area is 177 Å². The first-order valence-corrected chi connectivity index (χ1v) is 10.7. The van der Waals surface area contributed by atoms with Crippen LogP contribution in [0.15, 0.2) is 42.5 Å². The van der Waals surface area contributed by atoms with Crippen LogP contribution in [-0.4, -0.2) is 68.6 Å². The number of halogens is 1. The molecule has 0 atom stereocenters. The predicted octanol–water partition coefficient (Wildman–Crippen LogP) is 3.56. The largest absolute Gasteiger partial charge is 0.494 e. The molecule has 2 aliphatic heterocycles. The Morgan fingerprint density at radius 2 is 1.83 bits per heavy atom. The summed E-state index contributed by atoms with van der Waals surface area (Å²) in [6.07, 6.45) is 1.88. The molecule has 0 radical (unpaired) electrons. The number of para-hydroxylation sites is 1. The van der Waals surface area contributed by atoms with Crippen molar-refractivity contribution in [1.29, 1.82) is 0 Å². The number of carbonyl (C=O) groups is 1. The maximum absolute atomic E-state index is 12.3. The lowest BCUT2D eigenvalue weighted by Crippen LogP contribution is -2.46. The van der Waals surface area contributed by atoms with Gasteiger partial charge in [-0.1, -0.05) is 29.8 Å². The Bertz CT molecular complexity index is 865. The molecule has 0 aliphatic carbocycles. The number of hydrogen-bond donors (Lipinski definition) is 0. The summed E-state index contributed by atoms with van der Waals surface area (Å²) in [5.41, 5.74) is 3.04. The minimum atomic E-state index is 0.0908. The van der Waals surface area contributed by atoms with Gasteiger partial charge in [-0.3, -0.25) is 9.69 Å². The third kappa shape index (κ3) is 4.68. The predicted molar refractivity (Wildman–Crippen MR) is 117 cm³/mol. The molecule has 5 nitrogen and oxygen atoms in total. The Hall–Kier alpha value is -2.24. The summed E-state index contributed by atoms with van der Waals surface area (Å²) in [5, 5.41) is 0.823. The van der Waals surface area contributed by atoms with Crippen molar-refractivity contribution in [3.8, 4) is 5.75 Å². The van der Waals surface area contributed by atoms with Gasteiger partial charge in [-0.2, -0.15) is 0 Å². The number of rotatable bonds is 6. The minimum Gasteiger partial charge on any atom is -0.494 e. The fraction of sp³-hybridized carbons (Fsp3) is 0.435. The molecule has 0 saturated carbocycles. The second-order valence-corrected chi connectivity index (χ2v) is 8.18. The number of benzene rings is 2. The summed E-state index contributed by atoms with van der Waals surface area (Å²) in [4.78, 5) is 18.9. The molecule has 154 valence electrons. The highest BCUT2D eigenvalue weighted by Gasteiger charge is 2.22. The zero-order valence-electron chi connectivity index (χ0n) is 16.9. The van der Waals surface area contributed by atoms with E-state index in [1.807, 2.05) is 43.4 Å². The molecule has 1 fully saturated rings. The van der Waals surface area contributed by atoms with Crippen LogP contribution in [0, 0.1) is 0 Å². The standard InChI is InChI=1S/C23H28ClN3O2/c1-25-11-9-18-7-8-19(17-20(18)23(25)28)29-16-4-10-26-12-14-27(15-13-26)22-6-3-2-5-21(22)24/h2-3,5-8,17H,4,9-16H2,1H3. The van der Waals surface area contributed by atoms with Crippen LogP contribution in [0.25, 0.3) is 0 Å². The molecule has 4 rings (SSSR count). The quantitative estimate of drug-likeness (QED) is 0.678. The molecular weight excluding hydrogens is 386 g/mol. The highest BCUT2D eigenvalue weighted by molar-refractivity contribution is 6.33. The molecule has 2 aliphatic rings. The molecule has 1 amide bonds. The summed E-state index contributed by atoms with van der Waals surface area (Å²) in [6, 6.07) is 14.0. The molecule has 0 spiro atoms. The molecule has 0 bridgehead atoms. The summed E-state index contributed by atoms with van der Waals surface area (Å²) >= 11 is 6.32. The Balaban J connectivity index is 1.21. The van der Waals surface area contributed by atoms with Gasteiger partial charge >= 0.3 is 0 Å². The van der Waals surface area contributed by atoms with Crippen molar-refractivity contribution < 1.29 is 9.53 Å². The van der Waals surface area contributed by atoms with E-state index in [1.165, 1.54) is 0 Å². The van der Waals surface area contributed by atoms with Gasteiger partial charge in [0.05, 0.1) is 17.3 Å². The van der Waals surface area contributed by atoms with Crippen molar-refractivity contribution in [3.05, 3.63) is 58.6 Å². The highest BCUT2D eigenvalue weighted by atomic mass is 35.5. The zero-order chi connectivity index (χ0) is 20.2. The zero-order valence-corrected chi connectivity index (χ0v) is 17.7. The lowest BCUT2D eigenvalue weighted by molar-refractivity contribution is 0.0780. The molecule has 0 unspecified atom stereocenters. The lowest BCUT2D eigenvalue weighted by atomic mass is 9.99. The van der Waals surface area contributed by atoms with Crippen molar-refractivity contribution in [3.63, 3.8) is 0 Å². The fourth-order valence-corrected chi connectivity index (χ4v) is 4.31. The number of ether oxygens (including phenoxy) is 1. The SMILES string of the molecule is CN1CCc2ccc(OCCCN3CCN(c4ccccc4Cl)CC3)cc2C1=O. The van der Waals surface area contributed by atoms with Crippen LogP contribution in [0.1, 0.15) is 22.3 Å². The number of fused-ring (bicyclic) bond motifs is 1. The van der Waals surface area contributed by atoms with E-state index in [9.17, 15) is 4.79 Å². The van der Waals surface area contributed by atoms with Crippen LogP contribution in [-0.2, 0) is 6.42 Å². The molecule has 29 heavy (non-hydrogen) atoms. The van der Waals surface area contributed by atoms with Crippen molar-refractivity contribution in [2.24, 2.45) is 0 Å². The topological polar surface area (TPSA) is 36.0 Å². The maximum atomic E-state index is 12.3. The van der Waals surface area contributed by atoms with E-state index < -0.39 is 0 Å². The van der Waals surface area contributed by atoms with E-state index in [1.54, 1.807) is 4.90 Å². The number of hydrogen-bond acceptors (Lipinski definition) is 4. The first-order chi connectivity index (χ1) is 14.1. The van der Waals surface area contributed by atoms with Crippen molar-refractivity contribution in [2.45, 2.75) is 12.8 Å². The van der Waals surface area contributed by atoms with Crippen molar-refractivity contribution in [1.82, 2.24) is 9.80 Å². The normalized spacial score (nSPS) is 17.4. The number of amides is 1. The first kappa shape index (κ1) is 20.0. The first-order valence-electron chi connectivity index (χ1n) is 10.3. The number of piperazine rings is 1. The van der Waals surface area contributed by atoms with Gasteiger partial charge in [0.1, 0.15) is 5.75 Å². The molecule has 2 aromatic carbocycles. The van der Waals surface area contributed by atoms with E-state index in [0.717, 1.165) is 79.7 Å². The van der Waals surface area contributed by atoms with Gasteiger partial charge in [-0.05, 0) is 42.7 Å². The van der Waals surface area contributed by atoms with Crippen molar-refractivity contribution >= 4 is 23.2 Å². The second kappa shape index (κ2) is 9.06. The maximum Gasteiger partial charge on any atom is 0.254 e. The van der Waals surface area contributed by atoms with Gasteiger partial charge in [0.15, 0.2) is 0 Å². The number of anilines is 1. The molecule has 0 N–H and O–H groups in total. The van der Waals surface area contributed by atoms with Crippen LogP contribution < -0.4 is 9.64 Å². The van der Waals surface area contributed by atoms with Crippen LogP contribution in [0.4, 0.5) is 5.69 Å². The Morgan fingerprint density at radius 1 is 1.03 bits per heavy atom. The number of carbonyl (C=O) groups excluding carboxylic acids is 1. The van der Waals surface area contributed by atoms with Gasteiger partial charge < -0.3 is 14.5 Å². The molecule has 0 aromatic heterocycles. The molecule has 6 heteroatoms.